The third-order valence-electron chi connectivity index (χ3n) is 2.61. The highest BCUT2D eigenvalue weighted by molar-refractivity contribution is 8.02. The van der Waals surface area contributed by atoms with E-state index in [9.17, 15) is 4.79 Å². The van der Waals surface area contributed by atoms with Gasteiger partial charge in [0.15, 0.2) is 0 Å². The summed E-state index contributed by atoms with van der Waals surface area (Å²) in [5.74, 6) is 0.150. The van der Waals surface area contributed by atoms with Crippen molar-refractivity contribution < 1.29 is 4.42 Å². The Morgan fingerprint density at radius 3 is 2.90 bits per heavy atom. The number of hydrogen-bond acceptors (Lipinski definition) is 5. The van der Waals surface area contributed by atoms with Crippen molar-refractivity contribution in [1.29, 1.82) is 0 Å². The Balaban J connectivity index is 2.80. The van der Waals surface area contributed by atoms with E-state index in [-0.39, 0.29) is 11.3 Å². The van der Waals surface area contributed by atoms with E-state index in [0.717, 1.165) is 0 Å². The molecule has 0 atom stereocenters. The van der Waals surface area contributed by atoms with Crippen LogP contribution in [0.15, 0.2) is 50.1 Å². The van der Waals surface area contributed by atoms with Crippen LogP contribution in [0.4, 0.5) is 0 Å². The molecule has 0 amide bonds. The molecular weight excluding hydrogens is 296 g/mol. The van der Waals surface area contributed by atoms with Crippen molar-refractivity contribution in [1.82, 2.24) is 4.98 Å². The molecule has 0 spiro atoms. The zero-order valence-corrected chi connectivity index (χ0v) is 12.3. The number of benzene rings is 1. The van der Waals surface area contributed by atoms with Gasteiger partial charge in [0.25, 0.3) is 0 Å². The van der Waals surface area contributed by atoms with Gasteiger partial charge in [-0.25, -0.2) is 9.78 Å². The lowest BCUT2D eigenvalue weighted by atomic mass is 10.2. The molecule has 0 radical (unpaired) electrons. The van der Waals surface area contributed by atoms with Crippen molar-refractivity contribution in [3.63, 3.8) is 0 Å². The second-order valence-electron chi connectivity index (χ2n) is 3.73. The van der Waals surface area contributed by atoms with Gasteiger partial charge >= 0.3 is 5.63 Å². The van der Waals surface area contributed by atoms with E-state index in [1.54, 1.807) is 18.2 Å². The van der Waals surface area contributed by atoms with Gasteiger partial charge < -0.3 is 4.42 Å². The minimum Gasteiger partial charge on any atom is -0.403 e. The molecule has 0 aliphatic carbocycles. The van der Waals surface area contributed by atoms with Crippen LogP contribution in [0.3, 0.4) is 0 Å². The number of fused-ring (bicyclic) bond motifs is 1. The maximum Gasteiger partial charge on any atom is 0.348 e. The Hall–Kier alpha value is -1.85. The first-order valence-corrected chi connectivity index (χ1v) is 7.19. The van der Waals surface area contributed by atoms with Crippen molar-refractivity contribution >= 4 is 46.6 Å². The summed E-state index contributed by atoms with van der Waals surface area (Å²) < 4.78 is 5.23. The minimum absolute atomic E-state index is 0.150. The lowest BCUT2D eigenvalue weighted by molar-refractivity contribution is 0.487. The Labute approximate surface area is 124 Å². The van der Waals surface area contributed by atoms with E-state index in [2.05, 4.69) is 23.3 Å². The monoisotopic (exact) mass is 306 g/mol. The SMILES string of the molecule is C=C/C(=C(\N=C)SC)c1nc2cccc(Cl)c2c(=O)o1. The number of aliphatic imine (C=N–C) groups is 1. The number of allylic oxidation sites excluding steroid dienone is 2. The van der Waals surface area contributed by atoms with Crippen molar-refractivity contribution in [2.75, 3.05) is 6.26 Å². The van der Waals surface area contributed by atoms with Gasteiger partial charge in [0.2, 0.25) is 5.89 Å². The molecule has 1 heterocycles. The van der Waals surface area contributed by atoms with Crippen LogP contribution in [0.5, 0.6) is 0 Å². The number of aromatic nitrogens is 1. The lowest BCUT2D eigenvalue weighted by Crippen LogP contribution is -2.05. The fraction of sp³-hybridized carbons (Fsp3) is 0.0714. The molecule has 102 valence electrons. The van der Waals surface area contributed by atoms with E-state index >= 15 is 0 Å². The van der Waals surface area contributed by atoms with Crippen LogP contribution in [0.1, 0.15) is 5.89 Å². The maximum atomic E-state index is 12.0. The van der Waals surface area contributed by atoms with Gasteiger partial charge in [-0.15, -0.1) is 11.8 Å². The van der Waals surface area contributed by atoms with E-state index in [1.165, 1.54) is 17.8 Å². The van der Waals surface area contributed by atoms with Crippen molar-refractivity contribution in [2.45, 2.75) is 0 Å². The van der Waals surface area contributed by atoms with E-state index < -0.39 is 5.63 Å². The summed E-state index contributed by atoms with van der Waals surface area (Å²) in [6.45, 7) is 7.17. The Morgan fingerprint density at radius 2 is 2.30 bits per heavy atom. The predicted molar refractivity (Wildman–Crippen MR) is 85.5 cm³/mol. The molecule has 0 N–H and O–H groups in total. The van der Waals surface area contributed by atoms with Gasteiger partial charge in [-0.1, -0.05) is 30.3 Å². The first-order valence-electron chi connectivity index (χ1n) is 5.59. The zero-order valence-electron chi connectivity index (χ0n) is 10.7. The average Bonchev–Trinajstić information content (AvgIpc) is 2.44. The van der Waals surface area contributed by atoms with Crippen molar-refractivity contribution in [3.8, 4) is 0 Å². The average molecular weight is 307 g/mol. The molecule has 0 aliphatic heterocycles. The third-order valence-corrected chi connectivity index (χ3v) is 3.66. The van der Waals surface area contributed by atoms with E-state index in [1.807, 2.05) is 6.26 Å². The number of rotatable bonds is 4. The molecule has 4 nitrogen and oxygen atoms in total. The maximum absolute atomic E-state index is 12.0. The zero-order chi connectivity index (χ0) is 14.7. The standard InChI is InChI=1S/C14H11ClN2O2S/c1-4-8(13(16-2)20-3)12-17-10-7-5-6-9(15)11(10)14(18)19-12/h4-7H,1-2H2,3H3/b13-8-. The van der Waals surface area contributed by atoms with E-state index in [4.69, 9.17) is 16.0 Å². The molecule has 1 aromatic heterocycles. The molecule has 20 heavy (non-hydrogen) atoms. The molecule has 0 saturated carbocycles. The summed E-state index contributed by atoms with van der Waals surface area (Å²) in [5.41, 5.74) is 0.443. The number of halogens is 1. The van der Waals surface area contributed by atoms with Gasteiger partial charge in [-0.3, -0.25) is 4.99 Å². The van der Waals surface area contributed by atoms with Crippen molar-refractivity contribution in [2.24, 2.45) is 4.99 Å². The fourth-order valence-electron chi connectivity index (χ4n) is 1.72. The van der Waals surface area contributed by atoms with Gasteiger partial charge in [0.05, 0.1) is 16.1 Å². The molecule has 2 rings (SSSR count). The Kier molecular flexibility index (Phi) is 4.42. The molecule has 0 aliphatic rings. The third kappa shape index (κ3) is 2.55. The normalized spacial score (nSPS) is 12.1. The molecule has 2 aromatic rings. The number of thioether (sulfide) groups is 1. The summed E-state index contributed by atoms with van der Waals surface area (Å²) >= 11 is 7.34. The Bertz CT molecular complexity index is 780. The highest BCUT2D eigenvalue weighted by atomic mass is 35.5. The van der Waals surface area contributed by atoms with Crippen molar-refractivity contribution in [3.05, 3.63) is 57.2 Å². The van der Waals surface area contributed by atoms with Gasteiger partial charge in [0, 0.05) is 0 Å². The topological polar surface area (TPSA) is 55.5 Å². The van der Waals surface area contributed by atoms with E-state index in [0.29, 0.717) is 21.1 Å². The van der Waals surface area contributed by atoms with Crippen LogP contribution in [0.25, 0.3) is 16.5 Å². The Morgan fingerprint density at radius 1 is 1.55 bits per heavy atom. The highest BCUT2D eigenvalue weighted by Gasteiger charge is 2.14. The summed E-state index contributed by atoms with van der Waals surface area (Å²) in [7, 11) is 0. The lowest BCUT2D eigenvalue weighted by Gasteiger charge is -2.05. The molecule has 6 heteroatoms. The molecular formula is C14H11ClN2O2S. The summed E-state index contributed by atoms with van der Waals surface area (Å²) in [5, 5.41) is 1.15. The molecule has 0 fully saturated rings. The largest absolute Gasteiger partial charge is 0.403 e. The summed E-state index contributed by atoms with van der Waals surface area (Å²) in [4.78, 5) is 20.2. The molecule has 0 unspecified atom stereocenters. The number of hydrogen-bond donors (Lipinski definition) is 0. The quantitative estimate of drug-likeness (QED) is 0.637. The smallest absolute Gasteiger partial charge is 0.348 e. The fourth-order valence-corrected chi connectivity index (χ4v) is 2.49. The van der Waals surface area contributed by atoms with Gasteiger partial charge in [-0.05, 0) is 25.1 Å². The van der Waals surface area contributed by atoms with Gasteiger partial charge in [0.1, 0.15) is 10.4 Å². The van der Waals surface area contributed by atoms with Crippen LogP contribution in [-0.2, 0) is 0 Å². The summed E-state index contributed by atoms with van der Waals surface area (Å²) in [6, 6.07) is 5.03. The second kappa shape index (κ2) is 6.07. The van der Waals surface area contributed by atoms with Crippen LogP contribution >= 0.6 is 23.4 Å². The van der Waals surface area contributed by atoms with Gasteiger partial charge in [-0.2, -0.15) is 0 Å². The van der Waals surface area contributed by atoms with Crippen LogP contribution in [-0.4, -0.2) is 18.0 Å². The summed E-state index contributed by atoms with van der Waals surface area (Å²) in [6.07, 6.45) is 3.37. The van der Waals surface area contributed by atoms with Crippen LogP contribution in [0.2, 0.25) is 5.02 Å². The minimum atomic E-state index is -0.542. The first-order chi connectivity index (χ1) is 9.62. The van der Waals surface area contributed by atoms with Crippen LogP contribution < -0.4 is 5.63 Å². The molecule has 1 aromatic carbocycles. The first kappa shape index (κ1) is 14.6. The van der Waals surface area contributed by atoms with Crippen LogP contribution in [0, 0.1) is 0 Å². The number of nitrogens with zero attached hydrogens (tertiary/aromatic N) is 2. The highest BCUT2D eigenvalue weighted by Crippen LogP contribution is 2.27. The molecule has 0 saturated heterocycles. The predicted octanol–water partition coefficient (Wildman–Crippen LogP) is 3.76. The second-order valence-corrected chi connectivity index (χ2v) is 4.93. The molecule has 0 bridgehead atoms.